The number of ether oxygens (including phenoxy) is 1. The van der Waals surface area contributed by atoms with Gasteiger partial charge in [-0.1, -0.05) is 65.2 Å². The summed E-state index contributed by atoms with van der Waals surface area (Å²) >= 11 is -0.548. The molecule has 0 spiro atoms. The van der Waals surface area contributed by atoms with Crippen LogP contribution in [0.3, 0.4) is 0 Å². The third-order valence-electron chi connectivity index (χ3n) is 6.60. The standard InChI is InChI=1S/C28H28F3IN2O4/c1-32-17-24-33-22-16-20(27(37)38-23(14-15-35)28(29,30)31)12-13-21(22)26(36)34(24)25(18-8-4-2-5-9-18)19-10-6-3-7-11-19/h2-11,20,23,25,35H,1,12-17H2. The molecule has 0 amide bonds. The maximum Gasteiger partial charge on any atom is 0.425 e. The molecule has 1 aliphatic carbocycles. The van der Waals surface area contributed by atoms with Crippen LogP contribution in [0.15, 0.2) is 65.5 Å². The Labute approximate surface area is 228 Å². The SMILES string of the molecule is C=ICc1nc2c(c(=O)n1C(c1ccccc1)c1ccccc1)CCC(C(=O)OC(CCO)C(F)(F)F)C2. The first kappa shape index (κ1) is 28.2. The molecule has 202 valence electrons. The Bertz CT molecular complexity index is 1290. The number of hydrogen-bond donors (Lipinski definition) is 1. The molecule has 0 saturated heterocycles. The van der Waals surface area contributed by atoms with Crippen molar-refractivity contribution in [1.29, 1.82) is 0 Å². The van der Waals surface area contributed by atoms with Crippen LogP contribution < -0.4 is 5.56 Å². The molecule has 0 saturated carbocycles. The quantitative estimate of drug-likeness (QED) is 0.208. The molecule has 10 heteroatoms. The zero-order valence-corrected chi connectivity index (χ0v) is 22.7. The van der Waals surface area contributed by atoms with E-state index in [0.29, 0.717) is 21.5 Å². The zero-order chi connectivity index (χ0) is 27.3. The van der Waals surface area contributed by atoms with Crippen LogP contribution in [0, 0.1) is 5.92 Å². The normalized spacial score (nSPS) is 16.2. The summed E-state index contributed by atoms with van der Waals surface area (Å²) in [6.45, 7) is -0.756. The Morgan fingerprint density at radius 2 is 1.74 bits per heavy atom. The van der Waals surface area contributed by atoms with Gasteiger partial charge in [-0.2, -0.15) is 13.2 Å². The minimum atomic E-state index is -4.77. The van der Waals surface area contributed by atoms with E-state index in [4.69, 9.17) is 14.8 Å². The molecule has 1 aromatic heterocycles. The van der Waals surface area contributed by atoms with Crippen LogP contribution in [0.5, 0.6) is 0 Å². The van der Waals surface area contributed by atoms with E-state index in [0.717, 1.165) is 11.1 Å². The van der Waals surface area contributed by atoms with Crippen molar-refractivity contribution >= 4 is 31.2 Å². The van der Waals surface area contributed by atoms with Crippen molar-refractivity contribution in [3.05, 3.63) is 99.2 Å². The van der Waals surface area contributed by atoms with Gasteiger partial charge in [-0.15, -0.1) is 20.7 Å². The van der Waals surface area contributed by atoms with Crippen molar-refractivity contribution in [2.45, 2.75) is 48.4 Å². The molecule has 2 atom stereocenters. The van der Waals surface area contributed by atoms with Crippen molar-refractivity contribution in [1.82, 2.24) is 9.55 Å². The van der Waals surface area contributed by atoms with Crippen molar-refractivity contribution in [3.63, 3.8) is 0 Å². The molecule has 0 radical (unpaired) electrons. The first-order valence-electron chi connectivity index (χ1n) is 12.2. The minimum absolute atomic E-state index is 0.0255. The second kappa shape index (κ2) is 12.3. The van der Waals surface area contributed by atoms with Gasteiger partial charge in [0.15, 0.2) is 6.10 Å². The van der Waals surface area contributed by atoms with Gasteiger partial charge < -0.3 is 9.84 Å². The van der Waals surface area contributed by atoms with Gasteiger partial charge in [0.1, 0.15) is 5.82 Å². The number of rotatable bonds is 9. The Hall–Kier alpha value is -2.86. The Kier molecular flexibility index (Phi) is 9.14. The van der Waals surface area contributed by atoms with Crippen LogP contribution in [0.2, 0.25) is 0 Å². The molecular formula is C28H28F3IN2O4. The number of aliphatic hydroxyl groups is 1. The van der Waals surface area contributed by atoms with E-state index in [9.17, 15) is 22.8 Å². The van der Waals surface area contributed by atoms with Crippen molar-refractivity contribution in [3.8, 4) is 0 Å². The van der Waals surface area contributed by atoms with E-state index in [1.807, 2.05) is 60.7 Å². The van der Waals surface area contributed by atoms with Gasteiger partial charge in [0.25, 0.3) is 5.56 Å². The van der Waals surface area contributed by atoms with Crippen molar-refractivity contribution in [2.75, 3.05) is 6.61 Å². The van der Waals surface area contributed by atoms with Crippen LogP contribution >= 0.6 is 20.7 Å². The van der Waals surface area contributed by atoms with Gasteiger partial charge in [-0.05, 0) is 24.0 Å². The van der Waals surface area contributed by atoms with E-state index in [-0.39, 0.29) is 24.8 Å². The molecule has 0 aliphatic heterocycles. The summed E-state index contributed by atoms with van der Waals surface area (Å²) in [6, 6.07) is 18.9. The van der Waals surface area contributed by atoms with E-state index >= 15 is 0 Å². The molecule has 38 heavy (non-hydrogen) atoms. The summed E-state index contributed by atoms with van der Waals surface area (Å²) in [6.07, 6.45) is -7.46. The van der Waals surface area contributed by atoms with E-state index < -0.39 is 64.0 Å². The molecular weight excluding hydrogens is 612 g/mol. The van der Waals surface area contributed by atoms with Gasteiger partial charge in [0, 0.05) is 25.0 Å². The zero-order valence-electron chi connectivity index (χ0n) is 20.5. The second-order valence-electron chi connectivity index (χ2n) is 9.09. The van der Waals surface area contributed by atoms with E-state index in [1.54, 1.807) is 4.57 Å². The lowest BCUT2D eigenvalue weighted by molar-refractivity contribution is -0.226. The van der Waals surface area contributed by atoms with Gasteiger partial charge in [0.05, 0.1) is 22.1 Å². The number of nitrogens with zero attached hydrogens (tertiary/aromatic N) is 2. The summed E-state index contributed by atoms with van der Waals surface area (Å²) in [7, 11) is 0. The maximum absolute atomic E-state index is 14.0. The fourth-order valence-corrected chi connectivity index (χ4v) is 5.81. The van der Waals surface area contributed by atoms with Crippen molar-refractivity contribution < 1.29 is 27.8 Å². The predicted molar refractivity (Wildman–Crippen MR) is 147 cm³/mol. The topological polar surface area (TPSA) is 81.4 Å². The van der Waals surface area contributed by atoms with Crippen LogP contribution in [0.1, 0.15) is 47.1 Å². The van der Waals surface area contributed by atoms with Crippen molar-refractivity contribution in [2.24, 2.45) is 5.92 Å². The lowest BCUT2D eigenvalue weighted by Gasteiger charge is -2.29. The summed E-state index contributed by atoms with van der Waals surface area (Å²) in [4.78, 5) is 31.5. The number of benzene rings is 2. The van der Waals surface area contributed by atoms with Gasteiger partial charge in [-0.25, -0.2) is 4.98 Å². The molecule has 2 unspecified atom stereocenters. The van der Waals surface area contributed by atoms with E-state index in [2.05, 4.69) is 4.51 Å². The highest BCUT2D eigenvalue weighted by atomic mass is 127. The summed E-state index contributed by atoms with van der Waals surface area (Å²) in [5.41, 5.74) is 2.54. The number of carbonyl (C=O) groups is 1. The second-order valence-corrected chi connectivity index (χ2v) is 10.9. The first-order valence-corrected chi connectivity index (χ1v) is 15.2. The van der Waals surface area contributed by atoms with Crippen LogP contribution in [0.4, 0.5) is 13.2 Å². The fraction of sp³-hybridized carbons (Fsp3) is 0.357. The average molecular weight is 640 g/mol. The highest BCUT2D eigenvalue weighted by Crippen LogP contribution is 2.32. The van der Waals surface area contributed by atoms with Gasteiger partial charge >= 0.3 is 12.1 Å². The number of hydrogen-bond acceptors (Lipinski definition) is 5. The number of esters is 1. The Morgan fingerprint density at radius 1 is 1.13 bits per heavy atom. The lowest BCUT2D eigenvalue weighted by Crippen LogP contribution is -2.40. The first-order chi connectivity index (χ1) is 18.2. The number of aliphatic hydroxyl groups excluding tert-OH is 1. The highest BCUT2D eigenvalue weighted by Gasteiger charge is 2.43. The number of aromatic nitrogens is 2. The third-order valence-corrected chi connectivity index (χ3v) is 7.82. The number of halogens is 4. The monoisotopic (exact) mass is 640 g/mol. The maximum atomic E-state index is 14.0. The Balaban J connectivity index is 1.73. The molecule has 1 heterocycles. The number of alkyl halides is 4. The van der Waals surface area contributed by atoms with E-state index in [1.165, 1.54) is 0 Å². The smallest absolute Gasteiger partial charge is 0.425 e. The lowest BCUT2D eigenvalue weighted by atomic mass is 9.87. The molecule has 0 bridgehead atoms. The minimum Gasteiger partial charge on any atom is -0.452 e. The predicted octanol–water partition coefficient (Wildman–Crippen LogP) is 4.75. The molecule has 1 aliphatic rings. The van der Waals surface area contributed by atoms with Gasteiger partial charge in [0.2, 0.25) is 0 Å². The molecule has 4 rings (SSSR count). The molecule has 1 N–H and O–H groups in total. The molecule has 6 nitrogen and oxygen atoms in total. The molecule has 3 aromatic rings. The van der Waals surface area contributed by atoms with Gasteiger partial charge in [-0.3, -0.25) is 14.2 Å². The largest absolute Gasteiger partial charge is 0.452 e. The molecule has 0 fully saturated rings. The summed E-state index contributed by atoms with van der Waals surface area (Å²) < 4.78 is 50.7. The summed E-state index contributed by atoms with van der Waals surface area (Å²) in [5.74, 6) is -1.29. The number of carbonyl (C=O) groups excluding carboxylic acids is 1. The molecule has 2 aromatic carbocycles. The van der Waals surface area contributed by atoms with Crippen LogP contribution in [-0.2, 0) is 26.8 Å². The van der Waals surface area contributed by atoms with Crippen LogP contribution in [-0.4, -0.2) is 44.0 Å². The van der Waals surface area contributed by atoms with Crippen LogP contribution in [0.25, 0.3) is 0 Å². The third kappa shape index (κ3) is 6.23. The Morgan fingerprint density at radius 3 is 2.26 bits per heavy atom. The number of fused-ring (bicyclic) bond motifs is 1. The summed E-state index contributed by atoms with van der Waals surface area (Å²) in [5, 5.41) is 8.96. The average Bonchev–Trinajstić information content (AvgIpc) is 2.91. The fourth-order valence-electron chi connectivity index (χ4n) is 4.79. The highest BCUT2D eigenvalue weighted by molar-refractivity contribution is 14.2.